The van der Waals surface area contributed by atoms with Crippen molar-refractivity contribution in [3.8, 4) is 11.3 Å². The van der Waals surface area contributed by atoms with Crippen molar-refractivity contribution in [1.29, 1.82) is 0 Å². The number of benzene rings is 1. The van der Waals surface area contributed by atoms with Gasteiger partial charge in [-0.15, -0.1) is 0 Å². The van der Waals surface area contributed by atoms with E-state index in [1.165, 1.54) is 6.26 Å². The van der Waals surface area contributed by atoms with Crippen molar-refractivity contribution in [1.82, 2.24) is 20.3 Å². The second kappa shape index (κ2) is 7.50. The van der Waals surface area contributed by atoms with Gasteiger partial charge in [-0.3, -0.25) is 9.48 Å². The number of aromatic nitrogens is 3. The number of carbonyl (C=O) groups is 1. The number of rotatable bonds is 5. The van der Waals surface area contributed by atoms with Crippen LogP contribution in [0.5, 0.6) is 0 Å². The van der Waals surface area contributed by atoms with Crippen LogP contribution in [0.15, 0.2) is 51.7 Å². The van der Waals surface area contributed by atoms with Crippen molar-refractivity contribution in [3.05, 3.63) is 81.7 Å². The van der Waals surface area contributed by atoms with E-state index in [1.807, 2.05) is 35.9 Å². The Morgan fingerprint density at radius 3 is 2.83 bits per heavy atom. The van der Waals surface area contributed by atoms with Gasteiger partial charge in [0.15, 0.2) is 5.76 Å². The lowest BCUT2D eigenvalue weighted by molar-refractivity contribution is 0.0919. The van der Waals surface area contributed by atoms with Gasteiger partial charge in [-0.25, -0.2) is 0 Å². The number of fused-ring (bicyclic) bond motifs is 3. The van der Waals surface area contributed by atoms with Gasteiger partial charge >= 0.3 is 0 Å². The summed E-state index contributed by atoms with van der Waals surface area (Å²) in [5.41, 5.74) is 5.56. The summed E-state index contributed by atoms with van der Waals surface area (Å²) in [6.07, 6.45) is 5.12. The lowest BCUT2D eigenvalue weighted by Crippen LogP contribution is -2.23. The fourth-order valence-electron chi connectivity index (χ4n) is 3.82. The maximum absolute atomic E-state index is 12.7. The summed E-state index contributed by atoms with van der Waals surface area (Å²) < 4.78 is 12.7. The highest BCUT2D eigenvalue weighted by Crippen LogP contribution is 2.38. The average molecular weight is 423 g/mol. The third kappa shape index (κ3) is 3.41. The zero-order valence-electron chi connectivity index (χ0n) is 16.3. The van der Waals surface area contributed by atoms with Crippen molar-refractivity contribution in [2.45, 2.75) is 32.9 Å². The molecule has 0 saturated heterocycles. The second-order valence-electron chi connectivity index (χ2n) is 7.35. The second-order valence-corrected chi connectivity index (χ2v) is 7.79. The van der Waals surface area contributed by atoms with E-state index in [4.69, 9.17) is 25.6 Å². The van der Waals surface area contributed by atoms with Crippen LogP contribution in [0.1, 0.15) is 38.7 Å². The van der Waals surface area contributed by atoms with E-state index >= 15 is 0 Å². The third-order valence-electron chi connectivity index (χ3n) is 5.30. The molecule has 1 N–H and O–H groups in total. The SMILES string of the molecule is Cc1c(C(=O)NCc2ccon2)oc2c1-c1nn(Cc3ccc(Cl)cc3)cc1CC2. The predicted molar refractivity (Wildman–Crippen MR) is 110 cm³/mol. The molecular formula is C22H19ClN4O3. The quantitative estimate of drug-likeness (QED) is 0.521. The standard InChI is InChI=1S/C22H19ClN4O3/c1-13-19-18(30-21(13)22(28)24-10-17-8-9-29-26-17)7-4-15-12-27(25-20(15)19)11-14-2-5-16(23)6-3-14/h2-3,5-6,8-9,12H,4,7,10-11H2,1H3,(H,24,28). The Balaban J connectivity index is 1.40. The number of hydrogen-bond acceptors (Lipinski definition) is 5. The monoisotopic (exact) mass is 422 g/mol. The molecule has 0 fully saturated rings. The molecule has 0 unspecified atom stereocenters. The Morgan fingerprint density at radius 2 is 2.07 bits per heavy atom. The van der Waals surface area contributed by atoms with Crippen LogP contribution >= 0.6 is 11.6 Å². The van der Waals surface area contributed by atoms with E-state index in [2.05, 4.69) is 16.7 Å². The molecule has 5 rings (SSSR count). The fraction of sp³-hybridized carbons (Fsp3) is 0.227. The van der Waals surface area contributed by atoms with Crippen molar-refractivity contribution in [2.24, 2.45) is 0 Å². The van der Waals surface area contributed by atoms with E-state index in [1.54, 1.807) is 6.07 Å². The number of carbonyl (C=O) groups excluding carboxylic acids is 1. The number of nitrogens with one attached hydrogen (secondary N) is 1. The van der Waals surface area contributed by atoms with Gasteiger partial charge in [0.05, 0.1) is 18.8 Å². The van der Waals surface area contributed by atoms with E-state index < -0.39 is 0 Å². The van der Waals surface area contributed by atoms with Gasteiger partial charge < -0.3 is 14.3 Å². The van der Waals surface area contributed by atoms with Crippen LogP contribution in [0.4, 0.5) is 0 Å². The molecule has 1 aliphatic rings. The summed E-state index contributed by atoms with van der Waals surface area (Å²) in [7, 11) is 0. The Labute approximate surface area is 177 Å². The molecule has 3 heterocycles. The maximum Gasteiger partial charge on any atom is 0.287 e. The molecule has 152 valence electrons. The molecule has 0 bridgehead atoms. The summed E-state index contributed by atoms with van der Waals surface area (Å²) in [6.45, 7) is 2.84. The normalized spacial score (nSPS) is 12.5. The number of halogens is 1. The summed E-state index contributed by atoms with van der Waals surface area (Å²) in [4.78, 5) is 12.7. The van der Waals surface area contributed by atoms with Gasteiger partial charge in [-0.2, -0.15) is 5.10 Å². The minimum atomic E-state index is -0.271. The Morgan fingerprint density at radius 1 is 1.23 bits per heavy atom. The molecule has 3 aromatic heterocycles. The van der Waals surface area contributed by atoms with E-state index in [9.17, 15) is 4.79 Å². The topological polar surface area (TPSA) is 86.1 Å². The molecule has 1 aromatic carbocycles. The number of aryl methyl sites for hydroxylation is 2. The lowest BCUT2D eigenvalue weighted by atomic mass is 9.93. The average Bonchev–Trinajstić information content (AvgIpc) is 3.46. The lowest BCUT2D eigenvalue weighted by Gasteiger charge is -2.09. The molecular weight excluding hydrogens is 404 g/mol. The minimum Gasteiger partial charge on any atom is -0.455 e. The van der Waals surface area contributed by atoms with Gasteiger partial charge in [0, 0.05) is 34.8 Å². The van der Waals surface area contributed by atoms with Crippen LogP contribution in [0.25, 0.3) is 11.3 Å². The molecule has 1 amide bonds. The molecule has 7 nitrogen and oxygen atoms in total. The Kier molecular flexibility index (Phi) is 4.67. The van der Waals surface area contributed by atoms with Gasteiger partial charge in [0.1, 0.15) is 17.7 Å². The van der Waals surface area contributed by atoms with Crippen LogP contribution in [0, 0.1) is 6.92 Å². The van der Waals surface area contributed by atoms with Crippen LogP contribution in [-0.2, 0) is 25.9 Å². The first kappa shape index (κ1) is 18.7. The van der Waals surface area contributed by atoms with E-state index in [-0.39, 0.29) is 12.5 Å². The molecule has 1 aliphatic carbocycles. The largest absolute Gasteiger partial charge is 0.455 e. The van der Waals surface area contributed by atoms with Crippen LogP contribution in [0.2, 0.25) is 5.02 Å². The Hall–Kier alpha value is -3.32. The van der Waals surface area contributed by atoms with Crippen LogP contribution < -0.4 is 5.32 Å². The number of furan rings is 1. The van der Waals surface area contributed by atoms with Crippen LogP contribution in [-0.4, -0.2) is 20.8 Å². The molecule has 4 aromatic rings. The highest BCUT2D eigenvalue weighted by atomic mass is 35.5. The first-order chi connectivity index (χ1) is 14.6. The molecule has 0 radical (unpaired) electrons. The van der Waals surface area contributed by atoms with E-state index in [0.717, 1.165) is 46.5 Å². The summed E-state index contributed by atoms with van der Waals surface area (Å²) in [5, 5.41) is 12.1. The number of nitrogens with zero attached hydrogens (tertiary/aromatic N) is 3. The van der Waals surface area contributed by atoms with Crippen molar-refractivity contribution < 1.29 is 13.7 Å². The molecule has 0 aliphatic heterocycles. The first-order valence-corrected chi connectivity index (χ1v) is 10.1. The molecule has 0 spiro atoms. The summed E-state index contributed by atoms with van der Waals surface area (Å²) >= 11 is 5.98. The number of amides is 1. The number of hydrogen-bond donors (Lipinski definition) is 1. The van der Waals surface area contributed by atoms with Gasteiger partial charge in [0.25, 0.3) is 5.91 Å². The zero-order chi connectivity index (χ0) is 20.7. The van der Waals surface area contributed by atoms with E-state index in [0.29, 0.717) is 23.0 Å². The highest BCUT2D eigenvalue weighted by Gasteiger charge is 2.29. The Bertz CT molecular complexity index is 1210. The first-order valence-electron chi connectivity index (χ1n) is 9.69. The van der Waals surface area contributed by atoms with Crippen molar-refractivity contribution >= 4 is 17.5 Å². The highest BCUT2D eigenvalue weighted by molar-refractivity contribution is 6.30. The smallest absolute Gasteiger partial charge is 0.287 e. The fourth-order valence-corrected chi connectivity index (χ4v) is 3.94. The molecule has 0 saturated carbocycles. The van der Waals surface area contributed by atoms with Gasteiger partial charge in [0.2, 0.25) is 0 Å². The maximum atomic E-state index is 12.7. The molecule has 8 heteroatoms. The molecule has 30 heavy (non-hydrogen) atoms. The zero-order valence-corrected chi connectivity index (χ0v) is 17.1. The molecule has 0 atom stereocenters. The van der Waals surface area contributed by atoms with Gasteiger partial charge in [-0.05, 0) is 36.6 Å². The van der Waals surface area contributed by atoms with Crippen molar-refractivity contribution in [2.75, 3.05) is 0 Å². The van der Waals surface area contributed by atoms with Crippen LogP contribution in [0.3, 0.4) is 0 Å². The minimum absolute atomic E-state index is 0.271. The summed E-state index contributed by atoms with van der Waals surface area (Å²) in [6, 6.07) is 9.45. The summed E-state index contributed by atoms with van der Waals surface area (Å²) in [5.74, 6) is 0.860. The third-order valence-corrected chi connectivity index (χ3v) is 5.55. The predicted octanol–water partition coefficient (Wildman–Crippen LogP) is 4.17. The van der Waals surface area contributed by atoms with Gasteiger partial charge in [-0.1, -0.05) is 28.9 Å². The van der Waals surface area contributed by atoms with Crippen molar-refractivity contribution in [3.63, 3.8) is 0 Å².